The molecule has 0 aromatic carbocycles. The van der Waals surface area contributed by atoms with Crippen molar-refractivity contribution in [3.63, 3.8) is 0 Å². The molecule has 0 N–H and O–H groups in total. The van der Waals surface area contributed by atoms with Crippen LogP contribution in [0.25, 0.3) is 0 Å². The van der Waals surface area contributed by atoms with E-state index < -0.39 is 0 Å². The van der Waals surface area contributed by atoms with Crippen molar-refractivity contribution in [3.8, 4) is 0 Å². The van der Waals surface area contributed by atoms with E-state index in [9.17, 15) is 0 Å². The lowest BCUT2D eigenvalue weighted by atomic mass is 9.74. The normalized spacial score (nSPS) is 45.2. The van der Waals surface area contributed by atoms with E-state index >= 15 is 0 Å². The molecule has 16 heavy (non-hydrogen) atoms. The second kappa shape index (κ2) is 4.89. The molecule has 0 saturated carbocycles. The summed E-state index contributed by atoms with van der Waals surface area (Å²) in [7, 11) is 0. The van der Waals surface area contributed by atoms with E-state index in [1.54, 1.807) is 0 Å². The third-order valence-electron chi connectivity index (χ3n) is 3.86. The topological polar surface area (TPSA) is 18.5 Å². The molecule has 3 atom stereocenters. The molecule has 2 rings (SSSR count). The van der Waals surface area contributed by atoms with Crippen LogP contribution in [-0.4, -0.2) is 19.5 Å². The number of hydrogen-bond acceptors (Lipinski definition) is 2. The summed E-state index contributed by atoms with van der Waals surface area (Å²) >= 11 is 0. The Morgan fingerprint density at radius 2 is 1.75 bits per heavy atom. The first kappa shape index (κ1) is 12.1. The number of rotatable bonds is 1. The van der Waals surface area contributed by atoms with Gasteiger partial charge in [-0.05, 0) is 25.2 Å². The molecular weight excluding hydrogens is 200 g/mol. The Morgan fingerprint density at radius 1 is 1.12 bits per heavy atom. The van der Waals surface area contributed by atoms with Crippen molar-refractivity contribution in [2.45, 2.75) is 40.4 Å². The SMILES string of the molecule is CC1=C[C@H](C)[C@H](C2OCC(C)CO2)[C@H](C)C1. The number of ether oxygens (including phenoxy) is 2. The van der Waals surface area contributed by atoms with Crippen molar-refractivity contribution in [2.24, 2.45) is 23.7 Å². The summed E-state index contributed by atoms with van der Waals surface area (Å²) in [5, 5.41) is 0. The molecule has 1 saturated heterocycles. The molecule has 0 aromatic heterocycles. The van der Waals surface area contributed by atoms with Crippen LogP contribution in [-0.2, 0) is 9.47 Å². The Labute approximate surface area is 99.0 Å². The lowest BCUT2D eigenvalue weighted by Crippen LogP contribution is -2.42. The number of allylic oxidation sites excluding steroid dienone is 2. The Morgan fingerprint density at radius 3 is 2.31 bits per heavy atom. The van der Waals surface area contributed by atoms with Gasteiger partial charge in [-0.15, -0.1) is 0 Å². The Kier molecular flexibility index (Phi) is 3.70. The van der Waals surface area contributed by atoms with E-state index in [4.69, 9.17) is 9.47 Å². The summed E-state index contributed by atoms with van der Waals surface area (Å²) in [6.07, 6.45) is 3.59. The quantitative estimate of drug-likeness (QED) is 0.637. The van der Waals surface area contributed by atoms with Crippen molar-refractivity contribution < 1.29 is 9.47 Å². The summed E-state index contributed by atoms with van der Waals surface area (Å²) in [5.41, 5.74) is 1.51. The van der Waals surface area contributed by atoms with Gasteiger partial charge in [0.05, 0.1) is 13.2 Å². The maximum absolute atomic E-state index is 5.85. The Hall–Kier alpha value is -0.340. The van der Waals surface area contributed by atoms with Crippen LogP contribution < -0.4 is 0 Å². The maximum atomic E-state index is 5.85. The van der Waals surface area contributed by atoms with E-state index in [1.165, 1.54) is 12.0 Å². The van der Waals surface area contributed by atoms with Gasteiger partial charge in [-0.2, -0.15) is 0 Å². The lowest BCUT2D eigenvalue weighted by molar-refractivity contribution is -0.235. The first-order valence-electron chi connectivity index (χ1n) is 6.48. The van der Waals surface area contributed by atoms with Gasteiger partial charge in [0, 0.05) is 11.8 Å². The van der Waals surface area contributed by atoms with Gasteiger partial charge in [-0.1, -0.05) is 32.4 Å². The van der Waals surface area contributed by atoms with Crippen molar-refractivity contribution in [3.05, 3.63) is 11.6 Å². The molecule has 0 aromatic rings. The minimum atomic E-state index is 0.0190. The van der Waals surface area contributed by atoms with Crippen LogP contribution in [0, 0.1) is 23.7 Å². The maximum Gasteiger partial charge on any atom is 0.161 e. The minimum Gasteiger partial charge on any atom is -0.352 e. The van der Waals surface area contributed by atoms with Gasteiger partial charge in [-0.25, -0.2) is 0 Å². The predicted octanol–water partition coefficient (Wildman–Crippen LogP) is 3.23. The molecule has 2 aliphatic rings. The summed E-state index contributed by atoms with van der Waals surface area (Å²) < 4.78 is 11.7. The minimum absolute atomic E-state index is 0.0190. The first-order valence-corrected chi connectivity index (χ1v) is 6.48. The summed E-state index contributed by atoms with van der Waals surface area (Å²) in [4.78, 5) is 0. The third-order valence-corrected chi connectivity index (χ3v) is 3.86. The van der Waals surface area contributed by atoms with Gasteiger partial charge in [0.25, 0.3) is 0 Å². The highest BCUT2D eigenvalue weighted by Gasteiger charge is 2.36. The standard InChI is InChI=1S/C14H24O2/c1-9-5-11(3)13(12(4)6-9)14-15-7-10(2)8-16-14/h5,10-14H,6-8H2,1-4H3/t10?,11-,12+,13-,14?/m0/s1. The van der Waals surface area contributed by atoms with Crippen LogP contribution in [0.4, 0.5) is 0 Å². The van der Waals surface area contributed by atoms with Crippen LogP contribution in [0.1, 0.15) is 34.1 Å². The molecular formula is C14H24O2. The average Bonchev–Trinajstić information content (AvgIpc) is 2.19. The van der Waals surface area contributed by atoms with Crippen molar-refractivity contribution in [1.82, 2.24) is 0 Å². The van der Waals surface area contributed by atoms with Crippen molar-refractivity contribution >= 4 is 0 Å². The van der Waals surface area contributed by atoms with Crippen LogP contribution in [0.5, 0.6) is 0 Å². The van der Waals surface area contributed by atoms with E-state index in [2.05, 4.69) is 33.8 Å². The fourth-order valence-corrected chi connectivity index (χ4v) is 3.14. The Balaban J connectivity index is 2.03. The summed E-state index contributed by atoms with van der Waals surface area (Å²) in [5.74, 6) is 2.31. The molecule has 0 bridgehead atoms. The van der Waals surface area contributed by atoms with Crippen molar-refractivity contribution in [1.29, 1.82) is 0 Å². The van der Waals surface area contributed by atoms with Gasteiger partial charge >= 0.3 is 0 Å². The van der Waals surface area contributed by atoms with E-state index in [0.717, 1.165) is 13.2 Å². The van der Waals surface area contributed by atoms with Crippen LogP contribution >= 0.6 is 0 Å². The Bertz CT molecular complexity index is 264. The van der Waals surface area contributed by atoms with Crippen LogP contribution in [0.15, 0.2) is 11.6 Å². The zero-order chi connectivity index (χ0) is 11.7. The second-order valence-electron chi connectivity index (χ2n) is 5.77. The summed E-state index contributed by atoms with van der Waals surface area (Å²) in [6, 6.07) is 0. The van der Waals surface area contributed by atoms with Gasteiger partial charge in [0.1, 0.15) is 0 Å². The zero-order valence-electron chi connectivity index (χ0n) is 10.9. The van der Waals surface area contributed by atoms with E-state index in [-0.39, 0.29) is 6.29 Å². The molecule has 1 aliphatic carbocycles. The monoisotopic (exact) mass is 224 g/mol. The summed E-state index contributed by atoms with van der Waals surface area (Å²) in [6.45, 7) is 10.7. The average molecular weight is 224 g/mol. The number of hydrogen-bond donors (Lipinski definition) is 0. The fourth-order valence-electron chi connectivity index (χ4n) is 3.14. The van der Waals surface area contributed by atoms with Gasteiger partial charge in [0.2, 0.25) is 0 Å². The molecule has 1 fully saturated rings. The molecule has 0 spiro atoms. The van der Waals surface area contributed by atoms with Gasteiger partial charge < -0.3 is 9.47 Å². The lowest BCUT2D eigenvalue weighted by Gasteiger charge is -2.40. The van der Waals surface area contributed by atoms with E-state index in [0.29, 0.717) is 23.7 Å². The molecule has 0 unspecified atom stereocenters. The predicted molar refractivity (Wildman–Crippen MR) is 65.0 cm³/mol. The first-order chi connectivity index (χ1) is 7.58. The highest BCUT2D eigenvalue weighted by Crippen LogP contribution is 2.38. The zero-order valence-corrected chi connectivity index (χ0v) is 10.9. The molecule has 2 heteroatoms. The highest BCUT2D eigenvalue weighted by molar-refractivity contribution is 5.08. The molecule has 1 heterocycles. The van der Waals surface area contributed by atoms with Gasteiger partial charge in [-0.3, -0.25) is 0 Å². The molecule has 0 amide bonds. The molecule has 92 valence electrons. The van der Waals surface area contributed by atoms with Gasteiger partial charge in [0.15, 0.2) is 6.29 Å². The largest absolute Gasteiger partial charge is 0.352 e. The van der Waals surface area contributed by atoms with Crippen LogP contribution in [0.2, 0.25) is 0 Å². The molecule has 0 radical (unpaired) electrons. The third kappa shape index (κ3) is 2.49. The van der Waals surface area contributed by atoms with E-state index in [1.807, 2.05) is 0 Å². The smallest absolute Gasteiger partial charge is 0.161 e. The molecule has 2 nitrogen and oxygen atoms in total. The van der Waals surface area contributed by atoms with Crippen LogP contribution in [0.3, 0.4) is 0 Å². The fraction of sp³-hybridized carbons (Fsp3) is 0.857. The highest BCUT2D eigenvalue weighted by atomic mass is 16.7. The molecule has 1 aliphatic heterocycles. The van der Waals surface area contributed by atoms with Crippen molar-refractivity contribution in [2.75, 3.05) is 13.2 Å². The second-order valence-corrected chi connectivity index (χ2v) is 5.77.